The largest absolute Gasteiger partial charge is 0.362 e. The first kappa shape index (κ1) is 10.2. The van der Waals surface area contributed by atoms with Crippen molar-refractivity contribution >= 4 is 17.1 Å². The molecule has 3 N–H and O–H groups in total. The zero-order valence-electron chi connectivity index (χ0n) is 9.51. The van der Waals surface area contributed by atoms with E-state index in [1.165, 1.54) is 11.4 Å². The van der Waals surface area contributed by atoms with Crippen molar-refractivity contribution in [1.82, 2.24) is 0 Å². The van der Waals surface area contributed by atoms with Gasteiger partial charge in [0.25, 0.3) is 0 Å². The highest BCUT2D eigenvalue weighted by Crippen LogP contribution is 2.39. The van der Waals surface area contributed by atoms with Gasteiger partial charge in [0.2, 0.25) is 0 Å². The molecule has 0 fully saturated rings. The SMILES string of the molecule is NCC1Nc2ccccc2N1c1ccccc1. The fraction of sp³-hybridized carbons (Fsp3) is 0.143. The lowest BCUT2D eigenvalue weighted by molar-refractivity contribution is 0.765. The molecule has 3 heteroatoms. The molecule has 1 unspecified atom stereocenters. The van der Waals surface area contributed by atoms with E-state index < -0.39 is 0 Å². The van der Waals surface area contributed by atoms with E-state index in [0.717, 1.165) is 5.69 Å². The maximum atomic E-state index is 5.84. The van der Waals surface area contributed by atoms with E-state index in [-0.39, 0.29) is 6.17 Å². The molecule has 0 saturated carbocycles. The Morgan fingerprint density at radius 3 is 2.47 bits per heavy atom. The van der Waals surface area contributed by atoms with Crippen LogP contribution >= 0.6 is 0 Å². The molecule has 1 atom stereocenters. The summed E-state index contributed by atoms with van der Waals surface area (Å²) < 4.78 is 0. The summed E-state index contributed by atoms with van der Waals surface area (Å²) in [6.07, 6.45) is 0.134. The van der Waals surface area contributed by atoms with Gasteiger partial charge in [-0.05, 0) is 24.3 Å². The van der Waals surface area contributed by atoms with Gasteiger partial charge in [-0.2, -0.15) is 0 Å². The van der Waals surface area contributed by atoms with Crippen molar-refractivity contribution in [3.05, 3.63) is 54.6 Å². The van der Waals surface area contributed by atoms with Crippen LogP contribution < -0.4 is 16.0 Å². The van der Waals surface area contributed by atoms with Gasteiger partial charge in [-0.3, -0.25) is 0 Å². The summed E-state index contributed by atoms with van der Waals surface area (Å²) in [5.74, 6) is 0. The van der Waals surface area contributed by atoms with Gasteiger partial charge in [-0.15, -0.1) is 0 Å². The molecule has 0 aromatic heterocycles. The molecule has 3 rings (SSSR count). The van der Waals surface area contributed by atoms with Crippen LogP contribution in [-0.4, -0.2) is 12.7 Å². The molecule has 86 valence electrons. The zero-order chi connectivity index (χ0) is 11.7. The van der Waals surface area contributed by atoms with Gasteiger partial charge in [0.05, 0.1) is 11.4 Å². The molecule has 2 aromatic rings. The second kappa shape index (κ2) is 4.11. The average Bonchev–Trinajstić information content (AvgIpc) is 2.78. The molecular weight excluding hydrogens is 210 g/mol. The molecule has 3 nitrogen and oxygen atoms in total. The molecule has 1 aliphatic heterocycles. The Balaban J connectivity index is 2.08. The highest BCUT2D eigenvalue weighted by Gasteiger charge is 2.27. The van der Waals surface area contributed by atoms with Crippen molar-refractivity contribution in [1.29, 1.82) is 0 Å². The first-order valence-corrected chi connectivity index (χ1v) is 5.80. The van der Waals surface area contributed by atoms with Gasteiger partial charge in [-0.1, -0.05) is 30.3 Å². The monoisotopic (exact) mass is 225 g/mol. The number of anilines is 3. The summed E-state index contributed by atoms with van der Waals surface area (Å²) >= 11 is 0. The maximum Gasteiger partial charge on any atom is 0.116 e. The van der Waals surface area contributed by atoms with Crippen molar-refractivity contribution < 1.29 is 0 Å². The molecule has 0 bridgehead atoms. The summed E-state index contributed by atoms with van der Waals surface area (Å²) in [5, 5.41) is 3.43. The lowest BCUT2D eigenvalue weighted by Crippen LogP contribution is -2.38. The third kappa shape index (κ3) is 1.65. The smallest absolute Gasteiger partial charge is 0.116 e. The van der Waals surface area contributed by atoms with E-state index in [0.29, 0.717) is 6.54 Å². The van der Waals surface area contributed by atoms with Crippen LogP contribution in [0.1, 0.15) is 0 Å². The third-order valence-electron chi connectivity index (χ3n) is 3.05. The molecule has 0 amide bonds. The van der Waals surface area contributed by atoms with Crippen LogP contribution in [0.4, 0.5) is 17.1 Å². The lowest BCUT2D eigenvalue weighted by atomic mass is 10.2. The van der Waals surface area contributed by atoms with Crippen LogP contribution in [0.2, 0.25) is 0 Å². The Bertz CT molecular complexity index is 510. The Labute approximate surface area is 101 Å². The number of hydrogen-bond donors (Lipinski definition) is 2. The van der Waals surface area contributed by atoms with Crippen LogP contribution in [0.5, 0.6) is 0 Å². The number of nitrogens with two attached hydrogens (primary N) is 1. The standard InChI is InChI=1S/C14H15N3/c15-10-14-16-12-8-4-5-9-13(12)17(14)11-6-2-1-3-7-11/h1-9,14,16H,10,15H2. The second-order valence-corrected chi connectivity index (χ2v) is 4.12. The minimum absolute atomic E-state index is 0.134. The first-order valence-electron chi connectivity index (χ1n) is 5.80. The topological polar surface area (TPSA) is 41.3 Å². The van der Waals surface area contributed by atoms with Crippen molar-refractivity contribution in [3.8, 4) is 0 Å². The predicted octanol–water partition coefficient (Wildman–Crippen LogP) is 2.54. The van der Waals surface area contributed by atoms with E-state index >= 15 is 0 Å². The second-order valence-electron chi connectivity index (χ2n) is 4.12. The molecule has 17 heavy (non-hydrogen) atoms. The van der Waals surface area contributed by atoms with E-state index in [2.05, 4.69) is 40.5 Å². The van der Waals surface area contributed by atoms with Gasteiger partial charge in [0.15, 0.2) is 0 Å². The fourth-order valence-electron chi connectivity index (χ4n) is 2.29. The summed E-state index contributed by atoms with van der Waals surface area (Å²) in [6.45, 7) is 0.573. The Kier molecular flexibility index (Phi) is 2.46. The van der Waals surface area contributed by atoms with Crippen molar-refractivity contribution in [2.75, 3.05) is 16.8 Å². The third-order valence-corrected chi connectivity index (χ3v) is 3.05. The average molecular weight is 225 g/mol. The highest BCUT2D eigenvalue weighted by atomic mass is 15.3. The normalized spacial score (nSPS) is 17.7. The van der Waals surface area contributed by atoms with Gasteiger partial charge in [0.1, 0.15) is 6.17 Å². The lowest BCUT2D eigenvalue weighted by Gasteiger charge is -2.25. The number of nitrogens with one attached hydrogen (secondary N) is 1. The fourth-order valence-corrected chi connectivity index (χ4v) is 2.29. The Morgan fingerprint density at radius 2 is 1.71 bits per heavy atom. The van der Waals surface area contributed by atoms with E-state index in [9.17, 15) is 0 Å². The number of nitrogens with zero attached hydrogens (tertiary/aromatic N) is 1. The molecule has 2 aromatic carbocycles. The van der Waals surface area contributed by atoms with Gasteiger partial charge in [0, 0.05) is 12.2 Å². The van der Waals surface area contributed by atoms with E-state index in [1.54, 1.807) is 0 Å². The van der Waals surface area contributed by atoms with E-state index in [4.69, 9.17) is 5.73 Å². The Morgan fingerprint density at radius 1 is 1.00 bits per heavy atom. The van der Waals surface area contributed by atoms with Gasteiger partial charge < -0.3 is 16.0 Å². The molecule has 1 heterocycles. The van der Waals surface area contributed by atoms with Crippen LogP contribution in [0, 0.1) is 0 Å². The summed E-state index contributed by atoms with van der Waals surface area (Å²) in [5.41, 5.74) is 9.34. The zero-order valence-corrected chi connectivity index (χ0v) is 9.51. The minimum atomic E-state index is 0.134. The number of rotatable bonds is 2. The van der Waals surface area contributed by atoms with Crippen molar-refractivity contribution in [2.45, 2.75) is 6.17 Å². The van der Waals surface area contributed by atoms with E-state index in [1.807, 2.05) is 24.3 Å². The van der Waals surface area contributed by atoms with Crippen LogP contribution in [-0.2, 0) is 0 Å². The molecule has 0 radical (unpaired) electrons. The molecule has 0 aliphatic carbocycles. The van der Waals surface area contributed by atoms with Crippen LogP contribution in [0.3, 0.4) is 0 Å². The summed E-state index contributed by atoms with van der Waals surface area (Å²) in [6, 6.07) is 18.6. The molecular formula is C14H15N3. The van der Waals surface area contributed by atoms with Gasteiger partial charge >= 0.3 is 0 Å². The van der Waals surface area contributed by atoms with Crippen LogP contribution in [0.15, 0.2) is 54.6 Å². The first-order chi connectivity index (χ1) is 8.40. The van der Waals surface area contributed by atoms with Crippen molar-refractivity contribution in [3.63, 3.8) is 0 Å². The number of fused-ring (bicyclic) bond motifs is 1. The predicted molar refractivity (Wildman–Crippen MR) is 71.5 cm³/mol. The number of hydrogen-bond acceptors (Lipinski definition) is 3. The maximum absolute atomic E-state index is 5.84. The number of para-hydroxylation sites is 3. The minimum Gasteiger partial charge on any atom is -0.362 e. The van der Waals surface area contributed by atoms with Gasteiger partial charge in [-0.25, -0.2) is 0 Å². The Hall–Kier alpha value is -2.00. The van der Waals surface area contributed by atoms with Crippen molar-refractivity contribution in [2.24, 2.45) is 5.73 Å². The quantitative estimate of drug-likeness (QED) is 0.825. The summed E-state index contributed by atoms with van der Waals surface area (Å²) in [7, 11) is 0. The number of benzene rings is 2. The highest BCUT2D eigenvalue weighted by molar-refractivity contribution is 5.82. The molecule has 0 saturated heterocycles. The summed E-state index contributed by atoms with van der Waals surface area (Å²) in [4.78, 5) is 2.25. The molecule has 1 aliphatic rings. The van der Waals surface area contributed by atoms with Crippen LogP contribution in [0.25, 0.3) is 0 Å². The molecule has 0 spiro atoms.